The zero-order valence-electron chi connectivity index (χ0n) is 12.4. The number of benzene rings is 3. The van der Waals surface area contributed by atoms with Crippen molar-refractivity contribution in [3.63, 3.8) is 0 Å². The molecule has 0 spiro atoms. The molecule has 0 amide bonds. The maximum atomic E-state index is 5.84. The van der Waals surface area contributed by atoms with E-state index < -0.39 is 0 Å². The Labute approximate surface area is 131 Å². The highest BCUT2D eigenvalue weighted by molar-refractivity contribution is 5.53. The molecule has 1 aliphatic rings. The van der Waals surface area contributed by atoms with Crippen molar-refractivity contribution >= 4 is 0 Å². The van der Waals surface area contributed by atoms with E-state index in [2.05, 4.69) is 91.0 Å². The molecular weight excluding hydrogens is 268 g/mol. The Morgan fingerprint density at radius 3 is 1.18 bits per heavy atom. The van der Waals surface area contributed by atoms with Crippen molar-refractivity contribution in [2.45, 2.75) is 11.5 Å². The molecule has 3 aromatic carbocycles. The molecule has 1 nitrogen and oxygen atoms in total. The highest BCUT2D eigenvalue weighted by Gasteiger charge is 2.50. The zero-order valence-corrected chi connectivity index (χ0v) is 12.4. The molecule has 0 radical (unpaired) electrons. The molecule has 3 aromatic rings. The van der Waals surface area contributed by atoms with Gasteiger partial charge in [-0.2, -0.15) is 0 Å². The molecule has 0 aromatic heterocycles. The maximum absolute atomic E-state index is 5.84. The second-order valence-electron chi connectivity index (χ2n) is 5.73. The summed E-state index contributed by atoms with van der Waals surface area (Å²) >= 11 is 0. The molecule has 1 fully saturated rings. The Morgan fingerprint density at radius 1 is 0.591 bits per heavy atom. The molecule has 0 N–H and O–H groups in total. The van der Waals surface area contributed by atoms with Crippen LogP contribution in [0.15, 0.2) is 91.0 Å². The maximum Gasteiger partial charge on any atom is 0.0987 e. The highest BCUT2D eigenvalue weighted by atomic mass is 16.6. The van der Waals surface area contributed by atoms with Gasteiger partial charge >= 0.3 is 0 Å². The predicted molar refractivity (Wildman–Crippen MR) is 88.9 cm³/mol. The van der Waals surface area contributed by atoms with Crippen LogP contribution in [0.4, 0.5) is 0 Å². The first-order valence-electron chi connectivity index (χ1n) is 7.70. The van der Waals surface area contributed by atoms with E-state index in [9.17, 15) is 0 Å². The minimum Gasteiger partial charge on any atom is -0.371 e. The van der Waals surface area contributed by atoms with Crippen molar-refractivity contribution in [1.82, 2.24) is 0 Å². The first-order chi connectivity index (χ1) is 10.9. The molecule has 0 bridgehead atoms. The smallest absolute Gasteiger partial charge is 0.0987 e. The Balaban J connectivity index is 2.02. The van der Waals surface area contributed by atoms with Crippen LogP contribution in [0.3, 0.4) is 0 Å². The van der Waals surface area contributed by atoms with Crippen molar-refractivity contribution in [3.05, 3.63) is 108 Å². The van der Waals surface area contributed by atoms with Gasteiger partial charge in [-0.1, -0.05) is 91.0 Å². The third-order valence-corrected chi connectivity index (χ3v) is 4.50. The summed E-state index contributed by atoms with van der Waals surface area (Å²) in [7, 11) is 0. The Kier molecular flexibility index (Phi) is 3.28. The van der Waals surface area contributed by atoms with Crippen LogP contribution in [0.25, 0.3) is 0 Å². The fourth-order valence-electron chi connectivity index (χ4n) is 3.46. The van der Waals surface area contributed by atoms with Crippen LogP contribution in [0, 0.1) is 0 Å². The largest absolute Gasteiger partial charge is 0.371 e. The van der Waals surface area contributed by atoms with Gasteiger partial charge in [0, 0.05) is 0 Å². The van der Waals surface area contributed by atoms with E-state index >= 15 is 0 Å². The standard InChI is InChI=1S/C21H18O/c1-4-10-17(11-5-1)21(20-16-22-20,18-12-6-2-7-13-18)19-14-8-3-9-15-19/h1-15,20H,16H2. The molecule has 0 aliphatic carbocycles. The van der Waals surface area contributed by atoms with Gasteiger partial charge < -0.3 is 4.74 Å². The van der Waals surface area contributed by atoms with Crippen LogP contribution >= 0.6 is 0 Å². The number of epoxide rings is 1. The summed E-state index contributed by atoms with van der Waals surface area (Å²) in [6, 6.07) is 32.1. The summed E-state index contributed by atoms with van der Waals surface area (Å²) in [6.07, 6.45) is 0.194. The fraction of sp³-hybridized carbons (Fsp3) is 0.143. The monoisotopic (exact) mass is 286 g/mol. The highest BCUT2D eigenvalue weighted by Crippen LogP contribution is 2.47. The molecule has 1 unspecified atom stereocenters. The summed E-state index contributed by atoms with van der Waals surface area (Å²) in [6.45, 7) is 0.804. The lowest BCUT2D eigenvalue weighted by Crippen LogP contribution is -2.35. The van der Waals surface area contributed by atoms with Crippen molar-refractivity contribution in [3.8, 4) is 0 Å². The molecular formula is C21H18O. The van der Waals surface area contributed by atoms with Gasteiger partial charge in [-0.3, -0.25) is 0 Å². The van der Waals surface area contributed by atoms with Gasteiger partial charge in [0.15, 0.2) is 0 Å². The molecule has 1 atom stereocenters. The van der Waals surface area contributed by atoms with Crippen molar-refractivity contribution in [1.29, 1.82) is 0 Å². The lowest BCUT2D eigenvalue weighted by molar-refractivity contribution is 0.349. The van der Waals surface area contributed by atoms with E-state index in [1.807, 2.05) is 0 Å². The van der Waals surface area contributed by atoms with Crippen LogP contribution < -0.4 is 0 Å². The van der Waals surface area contributed by atoms with E-state index in [1.165, 1.54) is 16.7 Å². The minimum atomic E-state index is -0.232. The van der Waals surface area contributed by atoms with Gasteiger partial charge in [0.05, 0.1) is 18.1 Å². The Morgan fingerprint density at radius 2 is 0.909 bits per heavy atom. The molecule has 22 heavy (non-hydrogen) atoms. The molecule has 108 valence electrons. The van der Waals surface area contributed by atoms with Crippen LogP contribution in [-0.4, -0.2) is 12.7 Å². The SMILES string of the molecule is c1ccc(C(c2ccccc2)(c2ccccc2)C2CO2)cc1. The van der Waals surface area contributed by atoms with E-state index in [1.54, 1.807) is 0 Å². The summed E-state index contributed by atoms with van der Waals surface area (Å²) in [4.78, 5) is 0. The van der Waals surface area contributed by atoms with E-state index in [0.29, 0.717) is 0 Å². The number of rotatable bonds is 4. The molecule has 1 aliphatic heterocycles. The van der Waals surface area contributed by atoms with Gasteiger partial charge in [-0.05, 0) is 16.7 Å². The number of ether oxygens (including phenoxy) is 1. The van der Waals surface area contributed by atoms with Crippen molar-refractivity contribution < 1.29 is 4.74 Å². The second-order valence-corrected chi connectivity index (χ2v) is 5.73. The first-order valence-corrected chi connectivity index (χ1v) is 7.70. The van der Waals surface area contributed by atoms with E-state index in [0.717, 1.165) is 6.61 Å². The Hall–Kier alpha value is -2.38. The summed E-state index contributed by atoms with van der Waals surface area (Å²) in [5.41, 5.74) is 3.63. The van der Waals surface area contributed by atoms with Crippen molar-refractivity contribution in [2.24, 2.45) is 0 Å². The molecule has 1 heteroatoms. The van der Waals surface area contributed by atoms with Gasteiger partial charge in [0.1, 0.15) is 0 Å². The molecule has 0 saturated carbocycles. The normalized spacial score (nSPS) is 17.2. The summed E-state index contributed by atoms with van der Waals surface area (Å²) in [5.74, 6) is 0. The number of hydrogen-bond acceptors (Lipinski definition) is 1. The van der Waals surface area contributed by atoms with Gasteiger partial charge in [0.25, 0.3) is 0 Å². The third-order valence-electron chi connectivity index (χ3n) is 4.50. The average Bonchev–Trinajstić information content (AvgIpc) is 3.44. The van der Waals surface area contributed by atoms with Crippen LogP contribution in [0.5, 0.6) is 0 Å². The summed E-state index contributed by atoms with van der Waals surface area (Å²) in [5, 5.41) is 0. The topological polar surface area (TPSA) is 12.5 Å². The average molecular weight is 286 g/mol. The van der Waals surface area contributed by atoms with E-state index in [-0.39, 0.29) is 11.5 Å². The van der Waals surface area contributed by atoms with Crippen LogP contribution in [0.2, 0.25) is 0 Å². The van der Waals surface area contributed by atoms with Crippen molar-refractivity contribution in [2.75, 3.05) is 6.61 Å². The van der Waals surface area contributed by atoms with Crippen LogP contribution in [0.1, 0.15) is 16.7 Å². The van der Waals surface area contributed by atoms with Gasteiger partial charge in [-0.25, -0.2) is 0 Å². The number of hydrogen-bond donors (Lipinski definition) is 0. The third kappa shape index (κ3) is 2.06. The quantitative estimate of drug-likeness (QED) is 0.511. The van der Waals surface area contributed by atoms with Gasteiger partial charge in [-0.15, -0.1) is 0 Å². The Bertz CT molecular complexity index is 634. The second kappa shape index (κ2) is 5.43. The lowest BCUT2D eigenvalue weighted by atomic mass is 9.67. The summed E-state index contributed by atoms with van der Waals surface area (Å²) < 4.78 is 5.84. The first kappa shape index (κ1) is 13.3. The predicted octanol–water partition coefficient (Wildman–Crippen LogP) is 4.42. The van der Waals surface area contributed by atoms with E-state index in [4.69, 9.17) is 4.74 Å². The zero-order chi connectivity index (χ0) is 14.8. The fourth-order valence-corrected chi connectivity index (χ4v) is 3.46. The van der Waals surface area contributed by atoms with Gasteiger partial charge in [0.2, 0.25) is 0 Å². The molecule has 4 rings (SSSR count). The van der Waals surface area contributed by atoms with Crippen LogP contribution in [-0.2, 0) is 10.2 Å². The molecule has 1 heterocycles. The molecule has 1 saturated heterocycles. The lowest BCUT2D eigenvalue weighted by Gasteiger charge is -2.34. The minimum absolute atomic E-state index is 0.194.